The molecule has 0 saturated carbocycles. The Labute approximate surface area is 42.3 Å². The van der Waals surface area contributed by atoms with Gasteiger partial charge in [0, 0.05) is 6.21 Å². The molecule has 0 aromatic heterocycles. The van der Waals surface area contributed by atoms with Crippen LogP contribution in [-0.2, 0) is 0 Å². The summed E-state index contributed by atoms with van der Waals surface area (Å²) in [4.78, 5) is 0. The SMILES string of the molecule is C/C=N\N(C)N=N. The van der Waals surface area contributed by atoms with Gasteiger partial charge < -0.3 is 0 Å². The summed E-state index contributed by atoms with van der Waals surface area (Å²) in [5.74, 6) is 0. The lowest BCUT2D eigenvalue weighted by atomic mass is 10.9. The first-order valence-corrected chi connectivity index (χ1v) is 1.91. The molecule has 0 aromatic carbocycles. The van der Waals surface area contributed by atoms with E-state index >= 15 is 0 Å². The molecule has 0 aliphatic rings. The summed E-state index contributed by atoms with van der Waals surface area (Å²) in [6.07, 6.45) is 1.57. The van der Waals surface area contributed by atoms with Crippen LogP contribution in [0.5, 0.6) is 0 Å². The maximum absolute atomic E-state index is 6.35. The van der Waals surface area contributed by atoms with E-state index < -0.39 is 0 Å². The topological polar surface area (TPSA) is 51.8 Å². The largest absolute Gasteiger partial charge is 0.185 e. The van der Waals surface area contributed by atoms with E-state index in [2.05, 4.69) is 10.3 Å². The van der Waals surface area contributed by atoms with Gasteiger partial charge in [0.15, 0.2) is 0 Å². The summed E-state index contributed by atoms with van der Waals surface area (Å²) in [5.41, 5.74) is 6.35. The summed E-state index contributed by atoms with van der Waals surface area (Å²) in [5, 5.41) is 7.73. The van der Waals surface area contributed by atoms with Crippen molar-refractivity contribution in [2.45, 2.75) is 6.92 Å². The number of nitrogens with one attached hydrogen (secondary N) is 1. The van der Waals surface area contributed by atoms with Crippen molar-refractivity contribution in [2.75, 3.05) is 7.05 Å². The Kier molecular flexibility index (Phi) is 2.83. The van der Waals surface area contributed by atoms with Crippen molar-refractivity contribution in [3.05, 3.63) is 0 Å². The molecule has 0 aromatic rings. The monoisotopic (exact) mass is 100 g/mol. The highest BCUT2D eigenvalue weighted by molar-refractivity contribution is 5.52. The third-order valence-electron chi connectivity index (χ3n) is 0.427. The molecule has 0 heterocycles. The molecule has 4 heteroatoms. The Balaban J connectivity index is 3.35. The van der Waals surface area contributed by atoms with Gasteiger partial charge in [-0.1, -0.05) is 5.22 Å². The van der Waals surface area contributed by atoms with Crippen molar-refractivity contribution in [1.29, 1.82) is 5.53 Å². The third-order valence-corrected chi connectivity index (χ3v) is 0.427. The summed E-state index contributed by atoms with van der Waals surface area (Å²) in [6, 6.07) is 0. The zero-order valence-corrected chi connectivity index (χ0v) is 4.42. The second-order valence-corrected chi connectivity index (χ2v) is 0.963. The molecule has 0 atom stereocenters. The fourth-order valence-corrected chi connectivity index (χ4v) is 0.193. The van der Waals surface area contributed by atoms with Gasteiger partial charge in [-0.25, -0.2) is 0 Å². The van der Waals surface area contributed by atoms with E-state index in [1.165, 1.54) is 5.12 Å². The van der Waals surface area contributed by atoms with Crippen LogP contribution in [0.4, 0.5) is 0 Å². The Morgan fingerprint density at radius 3 is 2.43 bits per heavy atom. The van der Waals surface area contributed by atoms with Crippen LogP contribution >= 0.6 is 0 Å². The Bertz CT molecular complexity index is 77.0. The van der Waals surface area contributed by atoms with Crippen LogP contribution in [0, 0.1) is 5.53 Å². The molecule has 7 heavy (non-hydrogen) atoms. The van der Waals surface area contributed by atoms with E-state index in [0.717, 1.165) is 0 Å². The van der Waals surface area contributed by atoms with Gasteiger partial charge in [0.2, 0.25) is 0 Å². The summed E-state index contributed by atoms with van der Waals surface area (Å²) < 4.78 is 0. The summed E-state index contributed by atoms with van der Waals surface area (Å²) >= 11 is 0. The first-order valence-electron chi connectivity index (χ1n) is 1.91. The summed E-state index contributed by atoms with van der Waals surface area (Å²) in [6.45, 7) is 1.77. The molecule has 0 unspecified atom stereocenters. The minimum Gasteiger partial charge on any atom is -0.185 e. The zero-order chi connectivity index (χ0) is 5.70. The molecule has 1 N–H and O–H groups in total. The molecular weight excluding hydrogens is 92.1 g/mol. The number of nitrogens with zero attached hydrogens (tertiary/aromatic N) is 3. The van der Waals surface area contributed by atoms with Gasteiger partial charge in [0.1, 0.15) is 0 Å². The molecule has 0 rings (SSSR count). The number of hydrogen-bond donors (Lipinski definition) is 1. The first-order chi connectivity index (χ1) is 3.31. The van der Waals surface area contributed by atoms with Crippen molar-refractivity contribution in [3.63, 3.8) is 0 Å². The normalized spacial score (nSPS) is 9.43. The van der Waals surface area contributed by atoms with Gasteiger partial charge >= 0.3 is 0 Å². The first kappa shape index (κ1) is 6.07. The number of rotatable bonds is 2. The Hall–Kier alpha value is -0.930. The van der Waals surface area contributed by atoms with Crippen molar-refractivity contribution in [1.82, 2.24) is 5.12 Å². The van der Waals surface area contributed by atoms with E-state index in [9.17, 15) is 0 Å². The van der Waals surface area contributed by atoms with Gasteiger partial charge in [-0.2, -0.15) is 15.8 Å². The molecule has 0 aliphatic heterocycles. The summed E-state index contributed by atoms with van der Waals surface area (Å²) in [7, 11) is 1.59. The van der Waals surface area contributed by atoms with E-state index in [1.807, 2.05) is 0 Å². The number of hydrogen-bond acceptors (Lipinski definition) is 3. The molecule has 0 aliphatic carbocycles. The minimum atomic E-state index is 1.17. The zero-order valence-electron chi connectivity index (χ0n) is 4.42. The Morgan fingerprint density at radius 1 is 1.71 bits per heavy atom. The highest BCUT2D eigenvalue weighted by Gasteiger charge is 1.75. The lowest BCUT2D eigenvalue weighted by Crippen LogP contribution is -1.97. The van der Waals surface area contributed by atoms with Crippen molar-refractivity contribution in [3.8, 4) is 0 Å². The van der Waals surface area contributed by atoms with Gasteiger partial charge in [-0.3, -0.25) is 0 Å². The molecule has 0 bridgehead atoms. The van der Waals surface area contributed by atoms with Gasteiger partial charge in [0.05, 0.1) is 7.05 Å². The maximum Gasteiger partial charge on any atom is 0.0513 e. The molecular formula is C3H8N4. The predicted octanol–water partition coefficient (Wildman–Crippen LogP) is 0.870. The minimum absolute atomic E-state index is 1.17. The van der Waals surface area contributed by atoms with Crippen LogP contribution in [0.15, 0.2) is 10.3 Å². The molecule has 0 radical (unpaired) electrons. The van der Waals surface area contributed by atoms with Crippen molar-refractivity contribution in [2.24, 2.45) is 10.3 Å². The fraction of sp³-hybridized carbons (Fsp3) is 0.667. The van der Waals surface area contributed by atoms with Gasteiger partial charge in [-0.15, -0.1) is 0 Å². The second kappa shape index (κ2) is 3.27. The van der Waals surface area contributed by atoms with Crippen LogP contribution < -0.4 is 0 Å². The number of hydrazone groups is 1. The van der Waals surface area contributed by atoms with Crippen LogP contribution in [0.2, 0.25) is 0 Å². The molecule has 0 saturated heterocycles. The highest BCUT2D eigenvalue weighted by atomic mass is 15.7. The highest BCUT2D eigenvalue weighted by Crippen LogP contribution is 1.77. The van der Waals surface area contributed by atoms with Crippen LogP contribution in [-0.4, -0.2) is 18.4 Å². The molecule has 0 spiro atoms. The molecule has 0 amide bonds. The molecule has 0 fully saturated rings. The standard InChI is InChI=1S/C3H8N4/c1-3-5-7(2)6-4/h3-4H,1-2H3/b5-3-,6-4?. The van der Waals surface area contributed by atoms with E-state index in [1.54, 1.807) is 20.2 Å². The molecule has 4 nitrogen and oxygen atoms in total. The second-order valence-electron chi connectivity index (χ2n) is 0.963. The van der Waals surface area contributed by atoms with E-state index in [0.29, 0.717) is 0 Å². The average Bonchev–Trinajstić information content (AvgIpc) is 1.68. The van der Waals surface area contributed by atoms with Gasteiger partial charge in [-0.05, 0) is 6.92 Å². The fourth-order valence-electron chi connectivity index (χ4n) is 0.193. The lowest BCUT2D eigenvalue weighted by Gasteiger charge is -1.96. The van der Waals surface area contributed by atoms with Crippen LogP contribution in [0.3, 0.4) is 0 Å². The predicted molar refractivity (Wildman–Crippen MR) is 27.1 cm³/mol. The van der Waals surface area contributed by atoms with Crippen LogP contribution in [0.25, 0.3) is 0 Å². The van der Waals surface area contributed by atoms with Crippen LogP contribution in [0.1, 0.15) is 6.92 Å². The Morgan fingerprint density at radius 2 is 2.29 bits per heavy atom. The van der Waals surface area contributed by atoms with E-state index in [4.69, 9.17) is 5.53 Å². The molecule has 40 valence electrons. The average molecular weight is 100 g/mol. The lowest BCUT2D eigenvalue weighted by molar-refractivity contribution is 0.341. The maximum atomic E-state index is 6.35. The van der Waals surface area contributed by atoms with E-state index in [-0.39, 0.29) is 0 Å². The smallest absolute Gasteiger partial charge is 0.0513 e. The third kappa shape index (κ3) is 2.88. The van der Waals surface area contributed by atoms with Crippen molar-refractivity contribution < 1.29 is 0 Å². The van der Waals surface area contributed by atoms with Gasteiger partial charge in [0.25, 0.3) is 0 Å². The quantitative estimate of drug-likeness (QED) is 0.312. The van der Waals surface area contributed by atoms with Crippen molar-refractivity contribution >= 4 is 6.21 Å².